The Morgan fingerprint density at radius 1 is 1.29 bits per heavy atom. The van der Waals surface area contributed by atoms with Crippen LogP contribution in [-0.2, 0) is 14.8 Å². The van der Waals surface area contributed by atoms with Gasteiger partial charge in [-0.25, -0.2) is 17.9 Å². The number of sulfonamides is 1. The van der Waals surface area contributed by atoms with Gasteiger partial charge in [0, 0.05) is 12.1 Å². The van der Waals surface area contributed by atoms with Crippen LogP contribution in [0.4, 0.5) is 0 Å². The minimum Gasteiger partial charge on any atom is -0.478 e. The zero-order chi connectivity index (χ0) is 15.5. The molecular weight excluding hydrogens is 290 g/mol. The van der Waals surface area contributed by atoms with Crippen molar-refractivity contribution in [2.24, 2.45) is 5.92 Å². The Labute approximate surface area is 124 Å². The number of aliphatic carboxylic acids is 1. The van der Waals surface area contributed by atoms with Gasteiger partial charge < -0.3 is 5.11 Å². The highest BCUT2D eigenvalue weighted by molar-refractivity contribution is 7.89. The van der Waals surface area contributed by atoms with E-state index in [4.69, 9.17) is 5.11 Å². The molecule has 5 nitrogen and oxygen atoms in total. The number of nitrogens with one attached hydrogen (secondary N) is 1. The van der Waals surface area contributed by atoms with Crippen molar-refractivity contribution in [3.8, 4) is 0 Å². The monoisotopic (exact) mass is 309 g/mol. The molecule has 0 spiro atoms. The van der Waals surface area contributed by atoms with Gasteiger partial charge in [-0.05, 0) is 42.5 Å². The number of carbonyl (C=O) groups is 1. The Kier molecular flexibility index (Phi) is 4.80. The second kappa shape index (κ2) is 6.41. The first-order chi connectivity index (χ1) is 9.88. The van der Waals surface area contributed by atoms with E-state index >= 15 is 0 Å². The first-order valence-corrected chi connectivity index (χ1v) is 8.40. The van der Waals surface area contributed by atoms with Crippen LogP contribution in [0.3, 0.4) is 0 Å². The lowest BCUT2D eigenvalue weighted by Crippen LogP contribution is -2.36. The average molecular weight is 309 g/mol. The van der Waals surface area contributed by atoms with E-state index in [1.54, 1.807) is 12.1 Å². The van der Waals surface area contributed by atoms with Gasteiger partial charge in [0.1, 0.15) is 0 Å². The molecule has 1 aliphatic carbocycles. The number of rotatable bonds is 5. The molecule has 0 amide bonds. The fourth-order valence-electron chi connectivity index (χ4n) is 2.51. The highest BCUT2D eigenvalue weighted by Gasteiger charge is 2.28. The normalized spacial score (nSPS) is 22.7. The van der Waals surface area contributed by atoms with Crippen molar-refractivity contribution in [1.29, 1.82) is 0 Å². The molecule has 0 bridgehead atoms. The molecule has 1 fully saturated rings. The molecule has 0 aliphatic heterocycles. The third kappa shape index (κ3) is 4.15. The van der Waals surface area contributed by atoms with E-state index in [1.165, 1.54) is 18.2 Å². The topological polar surface area (TPSA) is 83.5 Å². The summed E-state index contributed by atoms with van der Waals surface area (Å²) < 4.78 is 27.3. The van der Waals surface area contributed by atoms with Crippen molar-refractivity contribution in [3.63, 3.8) is 0 Å². The first-order valence-electron chi connectivity index (χ1n) is 6.92. The predicted molar refractivity (Wildman–Crippen MR) is 80.2 cm³/mol. The number of hydrogen-bond acceptors (Lipinski definition) is 3. The van der Waals surface area contributed by atoms with Crippen molar-refractivity contribution in [2.45, 2.75) is 37.1 Å². The van der Waals surface area contributed by atoms with Crippen LogP contribution in [-0.4, -0.2) is 25.5 Å². The maximum absolute atomic E-state index is 12.3. The summed E-state index contributed by atoms with van der Waals surface area (Å²) in [6, 6.07) is 6.16. The molecule has 1 aliphatic rings. The molecule has 2 atom stereocenters. The average Bonchev–Trinajstić information content (AvgIpc) is 2.82. The minimum atomic E-state index is -3.52. The van der Waals surface area contributed by atoms with Crippen molar-refractivity contribution in [3.05, 3.63) is 35.9 Å². The lowest BCUT2D eigenvalue weighted by molar-refractivity contribution is -0.131. The summed E-state index contributed by atoms with van der Waals surface area (Å²) >= 11 is 0. The summed E-state index contributed by atoms with van der Waals surface area (Å²) in [7, 11) is -3.52. The molecule has 0 heterocycles. The summed E-state index contributed by atoms with van der Waals surface area (Å²) in [6.45, 7) is 2.06. The van der Waals surface area contributed by atoms with E-state index < -0.39 is 16.0 Å². The molecule has 0 saturated heterocycles. The van der Waals surface area contributed by atoms with Crippen LogP contribution in [0.25, 0.3) is 6.08 Å². The smallest absolute Gasteiger partial charge is 0.328 e. The van der Waals surface area contributed by atoms with E-state index in [-0.39, 0.29) is 10.9 Å². The third-order valence-corrected chi connectivity index (χ3v) is 5.28. The summed E-state index contributed by atoms with van der Waals surface area (Å²) in [5.74, 6) is -0.680. The second-order valence-corrected chi connectivity index (χ2v) is 7.09. The van der Waals surface area contributed by atoms with Gasteiger partial charge in [-0.2, -0.15) is 0 Å². The van der Waals surface area contributed by atoms with E-state index in [2.05, 4.69) is 11.6 Å². The van der Waals surface area contributed by atoms with Gasteiger partial charge in [-0.3, -0.25) is 0 Å². The lowest BCUT2D eigenvalue weighted by atomic mass is 10.1. The van der Waals surface area contributed by atoms with E-state index in [1.807, 2.05) is 0 Å². The number of hydrogen-bond donors (Lipinski definition) is 2. The molecule has 1 aromatic rings. The van der Waals surface area contributed by atoms with E-state index in [0.717, 1.165) is 25.3 Å². The Morgan fingerprint density at radius 3 is 2.48 bits per heavy atom. The predicted octanol–water partition coefficient (Wildman–Crippen LogP) is 2.25. The molecule has 2 N–H and O–H groups in total. The highest BCUT2D eigenvalue weighted by Crippen LogP contribution is 2.26. The minimum absolute atomic E-state index is 0.00147. The molecule has 2 rings (SSSR count). The molecule has 1 aromatic carbocycles. The first kappa shape index (κ1) is 15.7. The second-order valence-electron chi connectivity index (χ2n) is 5.38. The molecule has 6 heteroatoms. The Bertz CT molecular complexity index is 634. The van der Waals surface area contributed by atoms with Crippen molar-refractivity contribution < 1.29 is 18.3 Å². The lowest BCUT2D eigenvalue weighted by Gasteiger charge is -2.17. The highest BCUT2D eigenvalue weighted by atomic mass is 32.2. The molecule has 1 saturated carbocycles. The van der Waals surface area contributed by atoms with Crippen molar-refractivity contribution in [1.82, 2.24) is 4.72 Å². The molecular formula is C15H19NO4S. The fraction of sp³-hybridized carbons (Fsp3) is 0.400. The third-order valence-electron chi connectivity index (χ3n) is 3.78. The van der Waals surface area contributed by atoms with E-state index in [0.29, 0.717) is 11.5 Å². The van der Waals surface area contributed by atoms with Crippen molar-refractivity contribution >= 4 is 22.1 Å². The SMILES string of the molecule is CC1CCCC1NS(=O)(=O)c1ccc(C=CC(=O)O)cc1. The molecule has 21 heavy (non-hydrogen) atoms. The summed E-state index contributed by atoms with van der Waals surface area (Å²) in [5.41, 5.74) is 0.644. The Morgan fingerprint density at radius 2 is 1.95 bits per heavy atom. The van der Waals surface area contributed by atoms with E-state index in [9.17, 15) is 13.2 Å². The van der Waals surface area contributed by atoms with Crippen LogP contribution in [0.5, 0.6) is 0 Å². The van der Waals surface area contributed by atoms with Gasteiger partial charge in [-0.1, -0.05) is 25.5 Å². The van der Waals surface area contributed by atoms with Crippen molar-refractivity contribution in [2.75, 3.05) is 0 Å². The molecule has 2 unspecified atom stereocenters. The zero-order valence-electron chi connectivity index (χ0n) is 11.8. The summed E-state index contributed by atoms with van der Waals surface area (Å²) in [5, 5.41) is 8.55. The maximum atomic E-state index is 12.3. The standard InChI is InChI=1S/C15H19NO4S/c1-11-3-2-4-14(11)16-21(19,20)13-8-5-12(6-9-13)7-10-15(17)18/h5-11,14,16H,2-4H2,1H3,(H,17,18). The number of carboxylic acids is 1. The van der Waals surface area contributed by atoms with Gasteiger partial charge in [0.15, 0.2) is 0 Å². The van der Waals surface area contributed by atoms with Crippen LogP contribution in [0.15, 0.2) is 35.2 Å². The summed E-state index contributed by atoms with van der Waals surface area (Å²) in [6.07, 6.45) is 5.41. The Hall–Kier alpha value is -1.66. The number of benzene rings is 1. The van der Waals surface area contributed by atoms with Crippen LogP contribution in [0, 0.1) is 5.92 Å². The fourth-order valence-corrected chi connectivity index (χ4v) is 3.89. The largest absolute Gasteiger partial charge is 0.478 e. The van der Waals surface area contributed by atoms with Gasteiger partial charge in [0.25, 0.3) is 0 Å². The molecule has 114 valence electrons. The van der Waals surface area contributed by atoms with Crippen LogP contribution in [0.2, 0.25) is 0 Å². The van der Waals surface area contributed by atoms with Crippen LogP contribution in [0.1, 0.15) is 31.7 Å². The van der Waals surface area contributed by atoms with Crippen LogP contribution < -0.4 is 4.72 Å². The molecule has 0 radical (unpaired) electrons. The number of carboxylic acid groups (broad SMARTS) is 1. The molecule has 0 aromatic heterocycles. The van der Waals surface area contributed by atoms with Gasteiger partial charge in [0.05, 0.1) is 4.90 Å². The maximum Gasteiger partial charge on any atom is 0.328 e. The van der Waals surface area contributed by atoms with Gasteiger partial charge >= 0.3 is 5.97 Å². The quantitative estimate of drug-likeness (QED) is 0.817. The van der Waals surface area contributed by atoms with Gasteiger partial charge in [-0.15, -0.1) is 0 Å². The Balaban J connectivity index is 2.11. The zero-order valence-corrected chi connectivity index (χ0v) is 12.6. The van der Waals surface area contributed by atoms with Crippen LogP contribution >= 0.6 is 0 Å². The van der Waals surface area contributed by atoms with Gasteiger partial charge in [0.2, 0.25) is 10.0 Å². The summed E-state index contributed by atoms with van der Waals surface area (Å²) in [4.78, 5) is 10.6.